The highest BCUT2D eigenvalue weighted by atomic mass is 19.1. The number of amides is 1. The number of benzene rings is 3. The minimum absolute atomic E-state index is 0.0670. The Labute approximate surface area is 194 Å². The van der Waals surface area contributed by atoms with Gasteiger partial charge in [0.25, 0.3) is 5.91 Å². The molecule has 0 atom stereocenters. The summed E-state index contributed by atoms with van der Waals surface area (Å²) in [7, 11) is 0. The number of carbonyl (C=O) groups is 1. The summed E-state index contributed by atoms with van der Waals surface area (Å²) >= 11 is 0. The molecule has 1 aromatic heterocycles. The SMILES string of the molecule is O=C(Nc1ccc(F)c(Oc2ccc3ncc(N4CCNCC4)nc3c2)c1)c1cccc(F)c1. The number of nitrogens with zero attached hydrogens (tertiary/aromatic N) is 3. The first-order valence-corrected chi connectivity index (χ1v) is 10.8. The zero-order chi connectivity index (χ0) is 23.5. The number of anilines is 2. The van der Waals surface area contributed by atoms with Crippen molar-refractivity contribution in [3.8, 4) is 11.5 Å². The lowest BCUT2D eigenvalue weighted by Gasteiger charge is -2.28. The molecule has 0 aliphatic carbocycles. The third-order valence-electron chi connectivity index (χ3n) is 5.45. The molecule has 34 heavy (non-hydrogen) atoms. The van der Waals surface area contributed by atoms with Gasteiger partial charge in [-0.2, -0.15) is 0 Å². The van der Waals surface area contributed by atoms with Crippen LogP contribution in [0.4, 0.5) is 20.3 Å². The van der Waals surface area contributed by atoms with Crippen LogP contribution in [0.5, 0.6) is 11.5 Å². The minimum atomic E-state index is -0.593. The third-order valence-corrected chi connectivity index (χ3v) is 5.45. The third kappa shape index (κ3) is 4.79. The number of aromatic nitrogens is 2. The first kappa shape index (κ1) is 21.7. The highest BCUT2D eigenvalue weighted by Crippen LogP contribution is 2.29. The number of nitrogens with one attached hydrogen (secondary N) is 2. The van der Waals surface area contributed by atoms with Gasteiger partial charge in [0, 0.05) is 49.6 Å². The second-order valence-corrected chi connectivity index (χ2v) is 7.83. The van der Waals surface area contributed by atoms with Gasteiger partial charge in [0.1, 0.15) is 17.4 Å². The lowest BCUT2D eigenvalue weighted by Crippen LogP contribution is -2.43. The standard InChI is InChI=1S/C25H21F2N5O2/c26-17-3-1-2-16(12-17)25(33)30-18-4-6-20(27)23(13-18)34-19-5-7-21-22(14-19)31-24(15-29-21)32-10-8-28-9-11-32/h1-7,12-15,28H,8-11H2,(H,30,33). The Bertz CT molecular complexity index is 1360. The fourth-order valence-electron chi connectivity index (χ4n) is 3.71. The second-order valence-electron chi connectivity index (χ2n) is 7.83. The molecule has 3 aromatic carbocycles. The van der Waals surface area contributed by atoms with E-state index in [1.165, 1.54) is 36.4 Å². The fourth-order valence-corrected chi connectivity index (χ4v) is 3.71. The first-order valence-electron chi connectivity index (χ1n) is 10.8. The molecule has 0 radical (unpaired) electrons. The largest absolute Gasteiger partial charge is 0.454 e. The summed E-state index contributed by atoms with van der Waals surface area (Å²) in [6, 6.07) is 14.4. The highest BCUT2D eigenvalue weighted by Gasteiger charge is 2.14. The van der Waals surface area contributed by atoms with Crippen LogP contribution in [-0.2, 0) is 0 Å². The molecule has 1 aliphatic heterocycles. The van der Waals surface area contributed by atoms with Crippen LogP contribution in [0.2, 0.25) is 0 Å². The summed E-state index contributed by atoms with van der Waals surface area (Å²) in [5.74, 6) is -0.535. The second kappa shape index (κ2) is 9.40. The molecule has 1 saturated heterocycles. The van der Waals surface area contributed by atoms with Gasteiger partial charge in [-0.3, -0.25) is 9.78 Å². The van der Waals surface area contributed by atoms with Crippen LogP contribution >= 0.6 is 0 Å². The quantitative estimate of drug-likeness (QED) is 0.460. The van der Waals surface area contributed by atoms with E-state index < -0.39 is 17.5 Å². The van der Waals surface area contributed by atoms with E-state index in [1.807, 2.05) is 0 Å². The smallest absolute Gasteiger partial charge is 0.255 e. The summed E-state index contributed by atoms with van der Waals surface area (Å²) in [5, 5.41) is 5.93. The lowest BCUT2D eigenvalue weighted by molar-refractivity contribution is 0.102. The minimum Gasteiger partial charge on any atom is -0.454 e. The molecule has 172 valence electrons. The molecule has 2 heterocycles. The van der Waals surface area contributed by atoms with Crippen molar-refractivity contribution in [2.45, 2.75) is 0 Å². The van der Waals surface area contributed by atoms with E-state index in [-0.39, 0.29) is 11.3 Å². The van der Waals surface area contributed by atoms with E-state index in [1.54, 1.807) is 24.4 Å². The van der Waals surface area contributed by atoms with Crippen molar-refractivity contribution >= 4 is 28.4 Å². The Morgan fingerprint density at radius 1 is 1.00 bits per heavy atom. The maximum absolute atomic E-state index is 14.5. The Kier molecular flexibility index (Phi) is 6.01. The molecule has 9 heteroatoms. The van der Waals surface area contributed by atoms with Gasteiger partial charge in [-0.15, -0.1) is 0 Å². The maximum atomic E-state index is 14.5. The predicted molar refractivity (Wildman–Crippen MR) is 125 cm³/mol. The Morgan fingerprint density at radius 3 is 2.68 bits per heavy atom. The number of piperazine rings is 1. The van der Waals surface area contributed by atoms with Gasteiger partial charge < -0.3 is 20.3 Å². The fraction of sp³-hybridized carbons (Fsp3) is 0.160. The maximum Gasteiger partial charge on any atom is 0.255 e. The molecule has 0 unspecified atom stereocenters. The van der Waals surface area contributed by atoms with Crippen molar-refractivity contribution in [3.63, 3.8) is 0 Å². The zero-order valence-corrected chi connectivity index (χ0v) is 18.1. The molecule has 7 nitrogen and oxygen atoms in total. The van der Waals surface area contributed by atoms with Crippen LogP contribution in [0, 0.1) is 11.6 Å². The number of hydrogen-bond donors (Lipinski definition) is 2. The topological polar surface area (TPSA) is 79.4 Å². The van der Waals surface area contributed by atoms with Crippen LogP contribution in [-0.4, -0.2) is 42.1 Å². The summed E-state index contributed by atoms with van der Waals surface area (Å²) in [6.45, 7) is 3.45. The molecule has 0 bridgehead atoms. The zero-order valence-electron chi connectivity index (χ0n) is 18.1. The number of rotatable bonds is 5. The molecule has 1 amide bonds. The van der Waals surface area contributed by atoms with Crippen LogP contribution in [0.3, 0.4) is 0 Å². The molecule has 5 rings (SSSR count). The Morgan fingerprint density at radius 2 is 1.85 bits per heavy atom. The van der Waals surface area contributed by atoms with Crippen LogP contribution in [0.25, 0.3) is 11.0 Å². The van der Waals surface area contributed by atoms with E-state index in [2.05, 4.69) is 20.5 Å². The van der Waals surface area contributed by atoms with E-state index in [0.717, 1.165) is 38.1 Å². The molecule has 0 spiro atoms. The number of fused-ring (bicyclic) bond motifs is 1. The van der Waals surface area contributed by atoms with Crippen molar-refractivity contribution in [2.24, 2.45) is 0 Å². The van der Waals surface area contributed by atoms with Crippen LogP contribution in [0.1, 0.15) is 10.4 Å². The molecule has 4 aromatic rings. The van der Waals surface area contributed by atoms with E-state index in [4.69, 9.17) is 9.72 Å². The van der Waals surface area contributed by atoms with Gasteiger partial charge in [-0.1, -0.05) is 6.07 Å². The number of ether oxygens (including phenoxy) is 1. The van der Waals surface area contributed by atoms with Gasteiger partial charge in [-0.05, 0) is 42.5 Å². The van der Waals surface area contributed by atoms with E-state index in [9.17, 15) is 13.6 Å². The number of halogens is 2. The van der Waals surface area contributed by atoms with Gasteiger partial charge >= 0.3 is 0 Å². The summed E-state index contributed by atoms with van der Waals surface area (Å²) < 4.78 is 33.6. The van der Waals surface area contributed by atoms with E-state index >= 15 is 0 Å². The molecule has 0 saturated carbocycles. The summed E-state index contributed by atoms with van der Waals surface area (Å²) in [4.78, 5) is 23.7. The normalized spacial score (nSPS) is 13.6. The summed E-state index contributed by atoms with van der Waals surface area (Å²) in [5.41, 5.74) is 1.79. The summed E-state index contributed by atoms with van der Waals surface area (Å²) in [6.07, 6.45) is 1.75. The Hall–Kier alpha value is -4.11. The predicted octanol–water partition coefficient (Wildman–Crippen LogP) is 4.36. The van der Waals surface area contributed by atoms with E-state index in [0.29, 0.717) is 22.5 Å². The number of carbonyl (C=O) groups excluding carboxylic acids is 1. The van der Waals surface area contributed by atoms with Crippen LogP contribution in [0.15, 0.2) is 66.9 Å². The lowest BCUT2D eigenvalue weighted by atomic mass is 10.2. The Balaban J connectivity index is 1.36. The van der Waals surface area contributed by atoms with Crippen molar-refractivity contribution in [3.05, 3.63) is 84.1 Å². The van der Waals surface area contributed by atoms with Gasteiger partial charge in [0.05, 0.1) is 17.2 Å². The van der Waals surface area contributed by atoms with Crippen molar-refractivity contribution < 1.29 is 18.3 Å². The molecule has 1 fully saturated rings. The van der Waals surface area contributed by atoms with Gasteiger partial charge in [0.15, 0.2) is 11.6 Å². The molecule has 1 aliphatic rings. The van der Waals surface area contributed by atoms with Gasteiger partial charge in [-0.25, -0.2) is 13.8 Å². The molecule has 2 N–H and O–H groups in total. The van der Waals surface area contributed by atoms with Crippen LogP contribution < -0.4 is 20.3 Å². The molecular formula is C25H21F2N5O2. The van der Waals surface area contributed by atoms with Crippen molar-refractivity contribution in [1.29, 1.82) is 0 Å². The number of hydrogen-bond acceptors (Lipinski definition) is 6. The average Bonchev–Trinajstić information content (AvgIpc) is 2.86. The van der Waals surface area contributed by atoms with Gasteiger partial charge in [0.2, 0.25) is 0 Å². The van der Waals surface area contributed by atoms with Crippen molar-refractivity contribution in [1.82, 2.24) is 15.3 Å². The molecular weight excluding hydrogens is 440 g/mol. The van der Waals surface area contributed by atoms with Crippen molar-refractivity contribution in [2.75, 3.05) is 36.4 Å². The first-order chi connectivity index (χ1) is 16.5. The average molecular weight is 461 g/mol. The monoisotopic (exact) mass is 461 g/mol. The highest BCUT2D eigenvalue weighted by molar-refractivity contribution is 6.04.